The molecule has 0 rings (SSSR count). The second-order valence-corrected chi connectivity index (χ2v) is 3.63. The van der Waals surface area contributed by atoms with E-state index in [9.17, 15) is 4.79 Å². The number of amides is 1. The van der Waals surface area contributed by atoms with E-state index in [1.807, 2.05) is 20.8 Å². The molecule has 1 atom stereocenters. The molecule has 2 N–H and O–H groups in total. The lowest BCUT2D eigenvalue weighted by Crippen LogP contribution is -2.47. The first-order chi connectivity index (χ1) is 6.54. The normalized spacial score (nSPS) is 13.0. The Bertz CT molecular complexity index is 172. The summed E-state index contributed by atoms with van der Waals surface area (Å²) in [4.78, 5) is 13.5. The minimum absolute atomic E-state index is 0.0135. The van der Waals surface area contributed by atoms with Gasteiger partial charge < -0.3 is 15.4 Å². The summed E-state index contributed by atoms with van der Waals surface area (Å²) >= 11 is 0. The lowest BCUT2D eigenvalue weighted by atomic mass is 10.2. The van der Waals surface area contributed by atoms with Gasteiger partial charge in [-0.05, 0) is 20.3 Å². The predicted molar refractivity (Wildman–Crippen MR) is 57.0 cm³/mol. The quantitative estimate of drug-likeness (QED) is 0.686. The predicted octanol–water partition coefficient (Wildman–Crippen LogP) is 0.607. The van der Waals surface area contributed by atoms with Crippen LogP contribution in [-0.4, -0.2) is 43.2 Å². The SMILES string of the molecule is CC[C@H](N)C(=O)N(CCOC)C(C)C. The van der Waals surface area contributed by atoms with Gasteiger partial charge in [-0.15, -0.1) is 0 Å². The van der Waals surface area contributed by atoms with E-state index < -0.39 is 0 Å². The second kappa shape index (κ2) is 6.79. The highest BCUT2D eigenvalue weighted by Gasteiger charge is 2.21. The Balaban J connectivity index is 4.25. The van der Waals surface area contributed by atoms with Crippen molar-refractivity contribution >= 4 is 5.91 Å². The van der Waals surface area contributed by atoms with Gasteiger partial charge in [0.25, 0.3) is 0 Å². The molecule has 0 radical (unpaired) electrons. The highest BCUT2D eigenvalue weighted by Crippen LogP contribution is 2.02. The van der Waals surface area contributed by atoms with Crippen molar-refractivity contribution in [1.82, 2.24) is 4.90 Å². The molecule has 1 amide bonds. The molecule has 0 bridgehead atoms. The molecule has 0 saturated carbocycles. The van der Waals surface area contributed by atoms with Gasteiger partial charge in [0.15, 0.2) is 0 Å². The molecule has 0 unspecified atom stereocenters. The molecular weight excluding hydrogens is 180 g/mol. The monoisotopic (exact) mass is 202 g/mol. The molecule has 0 aromatic heterocycles. The zero-order chi connectivity index (χ0) is 11.1. The van der Waals surface area contributed by atoms with Gasteiger partial charge in [0.1, 0.15) is 0 Å². The van der Waals surface area contributed by atoms with E-state index in [2.05, 4.69) is 0 Å². The summed E-state index contributed by atoms with van der Waals surface area (Å²) in [5.41, 5.74) is 5.69. The third kappa shape index (κ3) is 4.07. The first-order valence-corrected chi connectivity index (χ1v) is 5.09. The van der Waals surface area contributed by atoms with Gasteiger partial charge in [0, 0.05) is 19.7 Å². The van der Waals surface area contributed by atoms with Gasteiger partial charge in [-0.3, -0.25) is 4.79 Å². The van der Waals surface area contributed by atoms with Crippen LogP contribution < -0.4 is 5.73 Å². The van der Waals surface area contributed by atoms with Crippen molar-refractivity contribution in [2.75, 3.05) is 20.3 Å². The van der Waals surface area contributed by atoms with Gasteiger partial charge in [-0.2, -0.15) is 0 Å². The van der Waals surface area contributed by atoms with E-state index in [1.54, 1.807) is 12.0 Å². The average molecular weight is 202 g/mol. The number of carbonyl (C=O) groups is 1. The molecule has 0 aliphatic heterocycles. The maximum absolute atomic E-state index is 11.8. The van der Waals surface area contributed by atoms with Crippen LogP contribution in [0.2, 0.25) is 0 Å². The van der Waals surface area contributed by atoms with Gasteiger partial charge in [0.05, 0.1) is 12.6 Å². The highest BCUT2D eigenvalue weighted by molar-refractivity contribution is 5.81. The Morgan fingerprint density at radius 2 is 2.07 bits per heavy atom. The van der Waals surface area contributed by atoms with Crippen LogP contribution in [0.5, 0.6) is 0 Å². The van der Waals surface area contributed by atoms with E-state index in [0.29, 0.717) is 19.6 Å². The topological polar surface area (TPSA) is 55.6 Å². The Hall–Kier alpha value is -0.610. The summed E-state index contributed by atoms with van der Waals surface area (Å²) in [5, 5.41) is 0. The molecule has 0 aromatic rings. The summed E-state index contributed by atoms with van der Waals surface area (Å²) in [6.07, 6.45) is 0.676. The van der Waals surface area contributed by atoms with Crippen molar-refractivity contribution in [3.8, 4) is 0 Å². The van der Waals surface area contributed by atoms with Crippen LogP contribution in [0.25, 0.3) is 0 Å². The lowest BCUT2D eigenvalue weighted by molar-refractivity contribution is -0.135. The molecule has 0 fully saturated rings. The van der Waals surface area contributed by atoms with Crippen molar-refractivity contribution in [2.24, 2.45) is 5.73 Å². The summed E-state index contributed by atoms with van der Waals surface area (Å²) < 4.78 is 4.95. The summed E-state index contributed by atoms with van der Waals surface area (Å²) in [5.74, 6) is 0.0135. The first-order valence-electron chi connectivity index (χ1n) is 5.09. The minimum Gasteiger partial charge on any atom is -0.383 e. The van der Waals surface area contributed by atoms with E-state index in [-0.39, 0.29) is 18.0 Å². The van der Waals surface area contributed by atoms with Gasteiger partial charge in [-0.25, -0.2) is 0 Å². The third-order valence-corrected chi connectivity index (χ3v) is 2.20. The van der Waals surface area contributed by atoms with Crippen LogP contribution in [-0.2, 0) is 9.53 Å². The van der Waals surface area contributed by atoms with Crippen molar-refractivity contribution in [3.63, 3.8) is 0 Å². The van der Waals surface area contributed by atoms with Crippen LogP contribution in [0.4, 0.5) is 0 Å². The van der Waals surface area contributed by atoms with Crippen LogP contribution in [0.3, 0.4) is 0 Å². The van der Waals surface area contributed by atoms with Crippen molar-refractivity contribution < 1.29 is 9.53 Å². The number of nitrogens with zero attached hydrogens (tertiary/aromatic N) is 1. The van der Waals surface area contributed by atoms with E-state index in [1.165, 1.54) is 0 Å². The number of rotatable bonds is 6. The fourth-order valence-corrected chi connectivity index (χ4v) is 1.20. The second-order valence-electron chi connectivity index (χ2n) is 3.63. The van der Waals surface area contributed by atoms with Crippen LogP contribution in [0.15, 0.2) is 0 Å². The molecule has 4 heteroatoms. The van der Waals surface area contributed by atoms with Gasteiger partial charge in [0.2, 0.25) is 5.91 Å². The summed E-state index contributed by atoms with van der Waals surface area (Å²) in [7, 11) is 1.63. The van der Waals surface area contributed by atoms with Crippen molar-refractivity contribution in [2.45, 2.75) is 39.3 Å². The number of hydrogen-bond acceptors (Lipinski definition) is 3. The van der Waals surface area contributed by atoms with E-state index in [4.69, 9.17) is 10.5 Å². The minimum atomic E-state index is -0.380. The van der Waals surface area contributed by atoms with Gasteiger partial charge in [-0.1, -0.05) is 6.92 Å². The largest absolute Gasteiger partial charge is 0.383 e. The molecular formula is C10H22N2O2. The smallest absolute Gasteiger partial charge is 0.239 e. The van der Waals surface area contributed by atoms with E-state index in [0.717, 1.165) is 0 Å². The van der Waals surface area contributed by atoms with Crippen molar-refractivity contribution in [3.05, 3.63) is 0 Å². The highest BCUT2D eigenvalue weighted by atomic mass is 16.5. The zero-order valence-electron chi connectivity index (χ0n) is 9.62. The first kappa shape index (κ1) is 13.4. The number of nitrogens with two attached hydrogens (primary N) is 1. The molecule has 0 heterocycles. The fourth-order valence-electron chi connectivity index (χ4n) is 1.20. The molecule has 0 aliphatic carbocycles. The fraction of sp³-hybridized carbons (Fsp3) is 0.900. The van der Waals surface area contributed by atoms with Crippen molar-refractivity contribution in [1.29, 1.82) is 0 Å². The zero-order valence-corrected chi connectivity index (χ0v) is 9.62. The van der Waals surface area contributed by atoms with Crippen LogP contribution in [0.1, 0.15) is 27.2 Å². The number of hydrogen-bond donors (Lipinski definition) is 1. The summed E-state index contributed by atoms with van der Waals surface area (Å²) in [6, 6.07) is -0.204. The Morgan fingerprint density at radius 1 is 1.50 bits per heavy atom. The van der Waals surface area contributed by atoms with Crippen LogP contribution in [0, 0.1) is 0 Å². The Kier molecular flexibility index (Phi) is 6.49. The molecule has 0 spiro atoms. The lowest BCUT2D eigenvalue weighted by Gasteiger charge is -2.28. The molecule has 0 saturated heterocycles. The Morgan fingerprint density at radius 3 is 2.43 bits per heavy atom. The average Bonchev–Trinajstić information content (AvgIpc) is 2.16. The van der Waals surface area contributed by atoms with Crippen LogP contribution >= 0.6 is 0 Å². The number of ether oxygens (including phenoxy) is 1. The molecule has 84 valence electrons. The van der Waals surface area contributed by atoms with Gasteiger partial charge >= 0.3 is 0 Å². The number of carbonyl (C=O) groups excluding carboxylic acids is 1. The molecule has 14 heavy (non-hydrogen) atoms. The maximum atomic E-state index is 11.8. The third-order valence-electron chi connectivity index (χ3n) is 2.20. The maximum Gasteiger partial charge on any atom is 0.239 e. The van der Waals surface area contributed by atoms with E-state index >= 15 is 0 Å². The molecule has 4 nitrogen and oxygen atoms in total. The standard InChI is InChI=1S/C10H22N2O2/c1-5-9(11)10(13)12(8(2)3)6-7-14-4/h8-9H,5-7,11H2,1-4H3/t9-/m0/s1. The Labute approximate surface area is 86.4 Å². The molecule has 0 aliphatic rings. The molecule has 0 aromatic carbocycles. The summed E-state index contributed by atoms with van der Waals surface area (Å²) in [6.45, 7) is 7.05. The number of methoxy groups -OCH3 is 1.